The number of para-hydroxylation sites is 1. The highest BCUT2D eigenvalue weighted by molar-refractivity contribution is 6.33. The minimum Gasteiger partial charge on any atom is -0.480 e. The number of piperazine rings is 1. The van der Waals surface area contributed by atoms with E-state index < -0.39 is 47.5 Å². The van der Waals surface area contributed by atoms with E-state index in [-0.39, 0.29) is 48.2 Å². The van der Waals surface area contributed by atoms with E-state index in [0.29, 0.717) is 65.1 Å². The summed E-state index contributed by atoms with van der Waals surface area (Å²) in [5.74, 6) is -1.38. The van der Waals surface area contributed by atoms with Crippen molar-refractivity contribution in [3.8, 4) is 0 Å². The number of carbonyl (C=O) groups excluding carboxylic acids is 3. The van der Waals surface area contributed by atoms with E-state index in [0.717, 1.165) is 30.2 Å². The zero-order valence-corrected chi connectivity index (χ0v) is 30.9. The molecule has 6 rings (SSSR count). The molecule has 3 saturated heterocycles. The number of nitrogens with one attached hydrogen (secondary N) is 1. The van der Waals surface area contributed by atoms with Gasteiger partial charge in [0.1, 0.15) is 6.04 Å². The normalized spacial score (nSPS) is 20.8. The molecular weight excluding hydrogens is 731 g/mol. The third-order valence-electron chi connectivity index (χ3n) is 11.3. The number of urea groups is 1. The molecule has 4 heterocycles. The van der Waals surface area contributed by atoms with E-state index in [9.17, 15) is 37.5 Å². The van der Waals surface area contributed by atoms with Gasteiger partial charge in [0.2, 0.25) is 0 Å². The van der Waals surface area contributed by atoms with Crippen LogP contribution in [0.15, 0.2) is 36.4 Å². The summed E-state index contributed by atoms with van der Waals surface area (Å²) >= 11 is 6.11. The molecule has 3 fully saturated rings. The van der Waals surface area contributed by atoms with Gasteiger partial charge in [-0.25, -0.2) is 9.59 Å². The molecule has 2 aromatic carbocycles. The molecule has 17 heteroatoms. The van der Waals surface area contributed by atoms with E-state index in [4.69, 9.17) is 22.1 Å². The van der Waals surface area contributed by atoms with Crippen molar-refractivity contribution in [2.45, 2.75) is 75.9 Å². The first-order valence-electron chi connectivity index (χ1n) is 18.5. The molecule has 0 bridgehead atoms. The summed E-state index contributed by atoms with van der Waals surface area (Å²) in [6, 6.07) is 9.07. The zero-order valence-electron chi connectivity index (χ0n) is 30.2. The molecule has 0 spiro atoms. The Labute approximate surface area is 317 Å². The third kappa shape index (κ3) is 8.98. The third-order valence-corrected chi connectivity index (χ3v) is 11.6. The Morgan fingerprint density at radius 3 is 2.24 bits per heavy atom. The van der Waals surface area contributed by atoms with Crippen molar-refractivity contribution in [1.29, 1.82) is 0 Å². The highest BCUT2D eigenvalue weighted by Gasteiger charge is 2.39. The number of nitrogens with two attached hydrogens (primary N) is 1. The van der Waals surface area contributed by atoms with Crippen molar-refractivity contribution in [2.75, 3.05) is 70.0 Å². The number of nitrogen functional groups attached to an aromatic ring is 1. The summed E-state index contributed by atoms with van der Waals surface area (Å²) in [5, 5.41) is 12.0. The maximum absolute atomic E-state index is 14.1. The van der Waals surface area contributed by atoms with Gasteiger partial charge in [-0.3, -0.25) is 19.4 Å². The van der Waals surface area contributed by atoms with Crippen LogP contribution in [0.5, 0.6) is 0 Å². The second kappa shape index (κ2) is 16.6. The van der Waals surface area contributed by atoms with E-state index in [2.05, 4.69) is 10.2 Å². The molecule has 0 aromatic heterocycles. The molecule has 4 aliphatic rings. The minimum atomic E-state index is -4.80. The van der Waals surface area contributed by atoms with Crippen molar-refractivity contribution in [2.24, 2.45) is 0 Å². The van der Waals surface area contributed by atoms with Gasteiger partial charge in [0.25, 0.3) is 5.91 Å². The van der Waals surface area contributed by atoms with E-state index in [1.165, 1.54) is 11.0 Å². The van der Waals surface area contributed by atoms with Gasteiger partial charge in [-0.1, -0.05) is 29.8 Å². The van der Waals surface area contributed by atoms with Gasteiger partial charge in [-0.15, -0.1) is 0 Å². The Morgan fingerprint density at radius 2 is 1.59 bits per heavy atom. The molecule has 0 radical (unpaired) electrons. The lowest BCUT2D eigenvalue weighted by Gasteiger charge is -2.44. The first-order valence-corrected chi connectivity index (χ1v) is 18.8. The van der Waals surface area contributed by atoms with E-state index >= 15 is 0 Å². The van der Waals surface area contributed by atoms with Gasteiger partial charge in [0.05, 0.1) is 16.3 Å². The quantitative estimate of drug-likeness (QED) is 0.326. The van der Waals surface area contributed by atoms with Crippen molar-refractivity contribution >= 4 is 47.0 Å². The van der Waals surface area contributed by atoms with Crippen molar-refractivity contribution in [3.05, 3.63) is 58.1 Å². The first kappa shape index (κ1) is 39.4. The lowest BCUT2D eigenvalue weighted by atomic mass is 10.00. The largest absolute Gasteiger partial charge is 0.480 e. The van der Waals surface area contributed by atoms with Crippen LogP contribution in [0, 0.1) is 0 Å². The summed E-state index contributed by atoms with van der Waals surface area (Å²) in [5.41, 5.74) is 5.76. The van der Waals surface area contributed by atoms with Gasteiger partial charge in [0, 0.05) is 83.1 Å². The van der Waals surface area contributed by atoms with Crippen molar-refractivity contribution in [1.82, 2.24) is 24.5 Å². The second-order valence-corrected chi connectivity index (χ2v) is 14.9. The number of ether oxygens (including phenoxy) is 1. The monoisotopic (exact) mass is 777 g/mol. The molecule has 4 N–H and O–H groups in total. The average molecular weight is 778 g/mol. The number of halogens is 4. The van der Waals surface area contributed by atoms with Gasteiger partial charge < -0.3 is 35.6 Å². The number of carbonyl (C=O) groups is 4. The fraction of sp³-hybridized carbons (Fsp3) is 0.568. The lowest BCUT2D eigenvalue weighted by molar-refractivity contribution is -0.143. The van der Waals surface area contributed by atoms with Crippen LogP contribution in [0.3, 0.4) is 0 Å². The number of benzene rings is 2. The topological polar surface area (TPSA) is 152 Å². The molecule has 54 heavy (non-hydrogen) atoms. The van der Waals surface area contributed by atoms with Crippen molar-refractivity contribution in [3.63, 3.8) is 0 Å². The Morgan fingerprint density at radius 1 is 0.944 bits per heavy atom. The van der Waals surface area contributed by atoms with Crippen LogP contribution in [0.25, 0.3) is 0 Å². The number of rotatable bonds is 8. The fourth-order valence-corrected chi connectivity index (χ4v) is 8.26. The maximum Gasteiger partial charge on any atom is 0.418 e. The number of alkyl halides is 3. The number of aliphatic carboxylic acids is 1. The summed E-state index contributed by atoms with van der Waals surface area (Å²) in [6.45, 7) is 5.74. The molecule has 2 atom stereocenters. The molecule has 13 nitrogen and oxygen atoms in total. The highest BCUT2D eigenvalue weighted by atomic mass is 35.5. The highest BCUT2D eigenvalue weighted by Crippen LogP contribution is 2.38. The number of fused-ring (bicyclic) bond motifs is 1. The fourth-order valence-electron chi connectivity index (χ4n) is 8.02. The molecule has 0 saturated carbocycles. The molecule has 294 valence electrons. The average Bonchev–Trinajstić information content (AvgIpc) is 3.33. The van der Waals surface area contributed by atoms with Gasteiger partial charge >= 0.3 is 24.3 Å². The predicted molar refractivity (Wildman–Crippen MR) is 195 cm³/mol. The SMILES string of the molecule is CC(C(=O)O)N1CCC(N2CCN(C(=O)C(Cc3cc(Cl)c(N)c(C(F)(F)F)c3)OC(=O)N3CCC(N4CCc5ccccc5NC4=O)CC3)CC2)CC1. The number of carboxylic acid groups (broad SMARTS) is 1. The molecule has 4 amide bonds. The Kier molecular flexibility index (Phi) is 12.1. The maximum atomic E-state index is 14.1. The summed E-state index contributed by atoms with van der Waals surface area (Å²) < 4.78 is 47.4. The number of carboxylic acids is 1. The number of likely N-dealkylation sites (tertiary alicyclic amines) is 2. The Hall–Kier alpha value is -4.28. The molecular formula is C37H47ClF3N7O6. The summed E-state index contributed by atoms with van der Waals surface area (Å²) in [7, 11) is 0. The standard InChI is InChI=1S/C37H47ClF3N7O6/c1-23(34(50)51)44-11-7-26(8-12-44)45-16-18-46(19-17-45)33(49)31(22-24-20-28(37(39,40)41)32(42)29(38)21-24)54-36(53)47-13-9-27(10-14-47)48-15-6-25-4-2-3-5-30(25)43-35(48)52/h2-5,20-21,23,26-27,31H,6-19,22,42H2,1H3,(H,43,52)(H,50,51). The van der Waals surface area contributed by atoms with Crippen LogP contribution >= 0.6 is 11.6 Å². The predicted octanol–water partition coefficient (Wildman–Crippen LogP) is 4.63. The zero-order chi connectivity index (χ0) is 38.7. The summed E-state index contributed by atoms with van der Waals surface area (Å²) in [6.07, 6.45) is -4.11. The van der Waals surface area contributed by atoms with Crippen LogP contribution in [0.1, 0.15) is 49.3 Å². The summed E-state index contributed by atoms with van der Waals surface area (Å²) in [4.78, 5) is 61.2. The molecule has 4 aliphatic heterocycles. The van der Waals surface area contributed by atoms with Gasteiger partial charge in [-0.05, 0) is 68.4 Å². The van der Waals surface area contributed by atoms with Crippen LogP contribution in [-0.4, -0.2) is 137 Å². The number of hydrogen-bond acceptors (Lipinski definition) is 8. The molecule has 0 aliphatic carbocycles. The van der Waals surface area contributed by atoms with Crippen LogP contribution in [-0.2, 0) is 33.3 Å². The lowest BCUT2D eigenvalue weighted by Crippen LogP contribution is -2.57. The number of piperidine rings is 2. The first-order chi connectivity index (χ1) is 25.7. The smallest absolute Gasteiger partial charge is 0.418 e. The second-order valence-electron chi connectivity index (χ2n) is 14.5. The van der Waals surface area contributed by atoms with Crippen LogP contribution in [0.4, 0.5) is 34.1 Å². The Balaban J connectivity index is 1.10. The van der Waals surface area contributed by atoms with E-state index in [1.54, 1.807) is 16.7 Å². The Bertz CT molecular complexity index is 1710. The van der Waals surface area contributed by atoms with Gasteiger partial charge in [0.15, 0.2) is 6.10 Å². The van der Waals surface area contributed by atoms with Crippen LogP contribution in [0.2, 0.25) is 5.02 Å². The van der Waals surface area contributed by atoms with Crippen LogP contribution < -0.4 is 11.1 Å². The molecule has 2 unspecified atom stereocenters. The van der Waals surface area contributed by atoms with E-state index in [1.807, 2.05) is 29.2 Å². The number of nitrogens with zero attached hydrogens (tertiary/aromatic N) is 5. The number of hydrogen-bond donors (Lipinski definition) is 3. The van der Waals surface area contributed by atoms with Crippen molar-refractivity contribution < 1.29 is 42.2 Å². The number of anilines is 2. The number of amides is 4. The van der Waals surface area contributed by atoms with Gasteiger partial charge in [-0.2, -0.15) is 13.2 Å². The molecule has 2 aromatic rings. The minimum absolute atomic E-state index is 0.0422.